The molecule has 2 aromatic carbocycles. The molecule has 0 saturated heterocycles. The van der Waals surface area contributed by atoms with Crippen LogP contribution in [0.3, 0.4) is 0 Å². The van der Waals surface area contributed by atoms with E-state index in [2.05, 4.69) is 10.3 Å². The minimum Gasteiger partial charge on any atom is -0.490 e. The SMILES string of the molecule is CCOc1ccc(C(C)NC(=O)CCc2ncc(-c3ccc(C)cc3)o2)cc1OCC. The molecule has 0 aliphatic carbocycles. The normalized spacial score (nSPS) is 11.7. The number of amides is 1. The smallest absolute Gasteiger partial charge is 0.220 e. The average Bonchev–Trinajstić information content (AvgIpc) is 3.23. The molecule has 31 heavy (non-hydrogen) atoms. The summed E-state index contributed by atoms with van der Waals surface area (Å²) in [4.78, 5) is 16.8. The lowest BCUT2D eigenvalue weighted by Gasteiger charge is -2.17. The van der Waals surface area contributed by atoms with Crippen molar-refractivity contribution in [2.24, 2.45) is 0 Å². The summed E-state index contributed by atoms with van der Waals surface area (Å²) in [5.41, 5.74) is 3.12. The molecular formula is C25H30N2O4. The molecule has 3 aromatic rings. The van der Waals surface area contributed by atoms with E-state index in [9.17, 15) is 4.79 Å². The number of aryl methyl sites for hydroxylation is 2. The van der Waals surface area contributed by atoms with E-state index < -0.39 is 0 Å². The van der Waals surface area contributed by atoms with Gasteiger partial charge in [0.2, 0.25) is 5.91 Å². The number of carbonyl (C=O) groups is 1. The Bertz CT molecular complexity index is 995. The summed E-state index contributed by atoms with van der Waals surface area (Å²) in [6.07, 6.45) is 2.45. The molecule has 3 rings (SSSR count). The number of aromatic nitrogens is 1. The molecule has 6 heteroatoms. The zero-order valence-electron chi connectivity index (χ0n) is 18.6. The molecule has 6 nitrogen and oxygen atoms in total. The molecule has 0 saturated carbocycles. The zero-order chi connectivity index (χ0) is 22.2. The number of oxazole rings is 1. The quantitative estimate of drug-likeness (QED) is 0.483. The molecule has 0 fully saturated rings. The molecule has 1 aromatic heterocycles. The minimum absolute atomic E-state index is 0.0607. The maximum absolute atomic E-state index is 12.5. The predicted octanol–water partition coefficient (Wildman–Crippen LogP) is 5.26. The fourth-order valence-electron chi connectivity index (χ4n) is 3.23. The van der Waals surface area contributed by atoms with E-state index in [0.717, 1.165) is 11.1 Å². The molecular weight excluding hydrogens is 392 g/mol. The highest BCUT2D eigenvalue weighted by Crippen LogP contribution is 2.30. The Labute approximate surface area is 183 Å². The van der Waals surface area contributed by atoms with Crippen molar-refractivity contribution in [2.75, 3.05) is 13.2 Å². The highest BCUT2D eigenvalue weighted by Gasteiger charge is 2.14. The highest BCUT2D eigenvalue weighted by molar-refractivity contribution is 5.76. The van der Waals surface area contributed by atoms with E-state index in [4.69, 9.17) is 13.9 Å². The average molecular weight is 423 g/mol. The fourth-order valence-corrected chi connectivity index (χ4v) is 3.23. The predicted molar refractivity (Wildman–Crippen MR) is 120 cm³/mol. The molecule has 1 atom stereocenters. The van der Waals surface area contributed by atoms with Crippen LogP contribution in [0.4, 0.5) is 0 Å². The Kier molecular flexibility index (Phi) is 7.70. The molecule has 0 radical (unpaired) electrons. The summed E-state index contributed by atoms with van der Waals surface area (Å²) in [6.45, 7) is 8.97. The molecule has 0 aliphatic rings. The van der Waals surface area contributed by atoms with Gasteiger partial charge < -0.3 is 19.2 Å². The van der Waals surface area contributed by atoms with Gasteiger partial charge in [0.25, 0.3) is 0 Å². The molecule has 1 unspecified atom stereocenters. The number of hydrogen-bond donors (Lipinski definition) is 1. The summed E-state index contributed by atoms with van der Waals surface area (Å²) >= 11 is 0. The van der Waals surface area contributed by atoms with Crippen LogP contribution in [0.2, 0.25) is 0 Å². The third kappa shape index (κ3) is 6.10. The maximum atomic E-state index is 12.5. The Morgan fingerprint density at radius 3 is 2.48 bits per heavy atom. The minimum atomic E-state index is -0.157. The Morgan fingerprint density at radius 1 is 1.06 bits per heavy atom. The first-order valence-corrected chi connectivity index (χ1v) is 10.7. The molecule has 164 valence electrons. The molecule has 1 heterocycles. The van der Waals surface area contributed by atoms with Gasteiger partial charge in [-0.05, 0) is 45.4 Å². The van der Waals surface area contributed by atoms with Crippen molar-refractivity contribution in [1.82, 2.24) is 10.3 Å². The van der Waals surface area contributed by atoms with Crippen molar-refractivity contribution in [1.29, 1.82) is 0 Å². The van der Waals surface area contributed by atoms with Crippen LogP contribution in [0, 0.1) is 6.92 Å². The lowest BCUT2D eigenvalue weighted by atomic mass is 10.1. The first kappa shape index (κ1) is 22.4. The van der Waals surface area contributed by atoms with Crippen molar-refractivity contribution >= 4 is 5.91 Å². The van der Waals surface area contributed by atoms with Crippen molar-refractivity contribution in [3.05, 3.63) is 65.7 Å². The van der Waals surface area contributed by atoms with Gasteiger partial charge in [0, 0.05) is 18.4 Å². The summed E-state index contributed by atoms with van der Waals surface area (Å²) < 4.78 is 17.1. The first-order valence-electron chi connectivity index (χ1n) is 10.7. The topological polar surface area (TPSA) is 73.6 Å². The van der Waals surface area contributed by atoms with Crippen LogP contribution in [0.5, 0.6) is 11.5 Å². The number of carbonyl (C=O) groups excluding carboxylic acids is 1. The molecule has 1 N–H and O–H groups in total. The zero-order valence-corrected chi connectivity index (χ0v) is 18.6. The van der Waals surface area contributed by atoms with E-state index in [1.54, 1.807) is 6.20 Å². The lowest BCUT2D eigenvalue weighted by molar-refractivity contribution is -0.121. The van der Waals surface area contributed by atoms with Gasteiger partial charge in [-0.2, -0.15) is 0 Å². The summed E-state index contributed by atoms with van der Waals surface area (Å²) in [6, 6.07) is 13.7. The monoisotopic (exact) mass is 422 g/mol. The van der Waals surface area contributed by atoms with Crippen LogP contribution < -0.4 is 14.8 Å². The van der Waals surface area contributed by atoms with E-state index in [-0.39, 0.29) is 11.9 Å². The van der Waals surface area contributed by atoms with Crippen molar-refractivity contribution < 1.29 is 18.7 Å². The second-order valence-corrected chi connectivity index (χ2v) is 7.35. The van der Waals surface area contributed by atoms with E-state index in [1.807, 2.05) is 70.2 Å². The number of benzene rings is 2. The number of rotatable bonds is 10. The van der Waals surface area contributed by atoms with Gasteiger partial charge in [0.1, 0.15) is 0 Å². The van der Waals surface area contributed by atoms with E-state index in [1.165, 1.54) is 5.56 Å². The van der Waals surface area contributed by atoms with Gasteiger partial charge in [-0.25, -0.2) is 4.98 Å². The molecule has 0 bridgehead atoms. The largest absolute Gasteiger partial charge is 0.490 e. The molecule has 0 aliphatic heterocycles. The first-order chi connectivity index (χ1) is 15.0. The highest BCUT2D eigenvalue weighted by atomic mass is 16.5. The van der Waals surface area contributed by atoms with Crippen LogP contribution >= 0.6 is 0 Å². The standard InChI is InChI=1S/C25H30N2O4/c1-5-29-21-12-11-20(15-22(21)30-6-2)18(4)27-24(28)13-14-25-26-16-23(31-25)19-9-7-17(3)8-10-19/h7-12,15-16,18H,5-6,13-14H2,1-4H3,(H,27,28). The van der Waals surface area contributed by atoms with E-state index in [0.29, 0.717) is 49.2 Å². The summed E-state index contributed by atoms with van der Waals surface area (Å²) in [7, 11) is 0. The van der Waals surface area contributed by atoms with Crippen LogP contribution in [0.1, 0.15) is 50.3 Å². The number of nitrogens with one attached hydrogen (secondary N) is 1. The van der Waals surface area contributed by atoms with Crippen molar-refractivity contribution in [2.45, 2.75) is 46.6 Å². The van der Waals surface area contributed by atoms with Gasteiger partial charge in [0.05, 0.1) is 25.5 Å². The number of hydrogen-bond acceptors (Lipinski definition) is 5. The maximum Gasteiger partial charge on any atom is 0.220 e. The third-order valence-electron chi connectivity index (χ3n) is 4.90. The van der Waals surface area contributed by atoms with Gasteiger partial charge >= 0.3 is 0 Å². The van der Waals surface area contributed by atoms with E-state index >= 15 is 0 Å². The summed E-state index contributed by atoms with van der Waals surface area (Å²) in [5.74, 6) is 2.60. The van der Waals surface area contributed by atoms with Crippen LogP contribution in [0.15, 0.2) is 53.1 Å². The van der Waals surface area contributed by atoms with Gasteiger partial charge in [0.15, 0.2) is 23.1 Å². The second-order valence-electron chi connectivity index (χ2n) is 7.35. The number of nitrogens with zero attached hydrogens (tertiary/aromatic N) is 1. The van der Waals surface area contributed by atoms with Crippen LogP contribution in [-0.2, 0) is 11.2 Å². The Morgan fingerprint density at radius 2 is 1.77 bits per heavy atom. The van der Waals surface area contributed by atoms with Crippen molar-refractivity contribution in [3.63, 3.8) is 0 Å². The lowest BCUT2D eigenvalue weighted by Crippen LogP contribution is -2.26. The van der Waals surface area contributed by atoms with Crippen LogP contribution in [0.25, 0.3) is 11.3 Å². The van der Waals surface area contributed by atoms with Gasteiger partial charge in [-0.15, -0.1) is 0 Å². The molecule has 1 amide bonds. The number of ether oxygens (including phenoxy) is 2. The van der Waals surface area contributed by atoms with Crippen molar-refractivity contribution in [3.8, 4) is 22.8 Å². The Balaban J connectivity index is 1.56. The Hall–Kier alpha value is -3.28. The molecule has 0 spiro atoms. The van der Waals surface area contributed by atoms with Gasteiger partial charge in [-0.3, -0.25) is 4.79 Å². The summed E-state index contributed by atoms with van der Waals surface area (Å²) in [5, 5.41) is 3.03. The third-order valence-corrected chi connectivity index (χ3v) is 4.90. The van der Waals surface area contributed by atoms with Crippen LogP contribution in [-0.4, -0.2) is 24.1 Å². The van der Waals surface area contributed by atoms with Gasteiger partial charge in [-0.1, -0.05) is 35.9 Å². The fraction of sp³-hybridized carbons (Fsp3) is 0.360. The second kappa shape index (κ2) is 10.7.